The van der Waals surface area contributed by atoms with Gasteiger partial charge in [0, 0.05) is 29.9 Å². The van der Waals surface area contributed by atoms with Crippen LogP contribution in [0, 0.1) is 0 Å². The van der Waals surface area contributed by atoms with E-state index in [-0.39, 0.29) is 0 Å². The first-order chi connectivity index (χ1) is 14.3. The maximum absolute atomic E-state index is 5.96. The monoisotopic (exact) mass is 392 g/mol. The summed E-state index contributed by atoms with van der Waals surface area (Å²) < 4.78 is 16.9. The maximum atomic E-state index is 5.96. The molecular formula is C24H28N2O3. The fraction of sp³-hybridized carbons (Fsp3) is 0.458. The molecule has 0 radical (unpaired) electrons. The van der Waals surface area contributed by atoms with E-state index in [1.807, 2.05) is 36.4 Å². The Bertz CT molecular complexity index is 955. The fourth-order valence-corrected chi connectivity index (χ4v) is 5.23. The molecule has 2 unspecified atom stereocenters. The van der Waals surface area contributed by atoms with Gasteiger partial charge in [0.05, 0.1) is 19.4 Å². The number of nitrogens with zero attached hydrogens (tertiary/aromatic N) is 2. The van der Waals surface area contributed by atoms with Gasteiger partial charge in [0.25, 0.3) is 0 Å². The van der Waals surface area contributed by atoms with Crippen molar-refractivity contribution in [3.8, 4) is 11.5 Å². The zero-order chi connectivity index (χ0) is 19.6. The van der Waals surface area contributed by atoms with Crippen LogP contribution in [0.2, 0.25) is 0 Å². The number of hydrogen-bond acceptors (Lipinski definition) is 5. The molecule has 29 heavy (non-hydrogen) atoms. The van der Waals surface area contributed by atoms with Crippen LogP contribution in [0.25, 0.3) is 11.0 Å². The summed E-state index contributed by atoms with van der Waals surface area (Å²) in [5.41, 5.74) is 2.07. The smallest absolute Gasteiger partial charge is 0.167 e. The molecule has 2 bridgehead atoms. The molecule has 0 saturated carbocycles. The molecule has 5 rings (SSSR count). The normalized spacial score (nSPS) is 24.1. The maximum Gasteiger partial charge on any atom is 0.167 e. The Morgan fingerprint density at radius 3 is 2.52 bits per heavy atom. The summed E-state index contributed by atoms with van der Waals surface area (Å²) in [6.07, 6.45) is 5.98. The lowest BCUT2D eigenvalue weighted by atomic mass is 9.87. The highest BCUT2D eigenvalue weighted by Gasteiger charge is 2.41. The van der Waals surface area contributed by atoms with E-state index in [0.717, 1.165) is 35.7 Å². The van der Waals surface area contributed by atoms with Gasteiger partial charge >= 0.3 is 0 Å². The highest BCUT2D eigenvalue weighted by atomic mass is 16.5. The highest BCUT2D eigenvalue weighted by molar-refractivity contribution is 5.79. The molecule has 1 aromatic heterocycles. The van der Waals surface area contributed by atoms with Crippen molar-refractivity contribution in [3.05, 3.63) is 54.2 Å². The lowest BCUT2D eigenvalue weighted by Gasteiger charge is -2.38. The van der Waals surface area contributed by atoms with Crippen molar-refractivity contribution < 1.29 is 14.0 Å². The van der Waals surface area contributed by atoms with Gasteiger partial charge in [0.15, 0.2) is 17.1 Å². The zero-order valence-corrected chi connectivity index (χ0v) is 16.9. The molecule has 2 saturated heterocycles. The van der Waals surface area contributed by atoms with Gasteiger partial charge in [-0.2, -0.15) is 0 Å². The largest absolute Gasteiger partial charge is 0.493 e. The van der Waals surface area contributed by atoms with Crippen molar-refractivity contribution in [2.24, 2.45) is 0 Å². The quantitative estimate of drug-likeness (QED) is 0.529. The molecule has 0 amide bonds. The van der Waals surface area contributed by atoms with Crippen molar-refractivity contribution in [1.82, 2.24) is 10.1 Å². The Morgan fingerprint density at radius 2 is 1.72 bits per heavy atom. The number of ether oxygens (including phenoxy) is 2. The van der Waals surface area contributed by atoms with Crippen LogP contribution in [0.3, 0.4) is 0 Å². The van der Waals surface area contributed by atoms with Gasteiger partial charge in [-0.3, -0.25) is 4.90 Å². The number of fused-ring (bicyclic) bond motifs is 3. The minimum Gasteiger partial charge on any atom is -0.493 e. The lowest BCUT2D eigenvalue weighted by Crippen LogP contribution is -2.43. The molecular weight excluding hydrogens is 364 g/mol. The van der Waals surface area contributed by atoms with Gasteiger partial charge < -0.3 is 14.0 Å². The molecule has 0 spiro atoms. The molecule has 2 aromatic carbocycles. The van der Waals surface area contributed by atoms with Gasteiger partial charge in [0.2, 0.25) is 0 Å². The first-order valence-corrected chi connectivity index (χ1v) is 10.7. The molecule has 2 atom stereocenters. The number of aromatic nitrogens is 1. The highest BCUT2D eigenvalue weighted by Crippen LogP contribution is 2.44. The van der Waals surface area contributed by atoms with Crippen LogP contribution in [0.1, 0.15) is 43.7 Å². The van der Waals surface area contributed by atoms with Crippen LogP contribution in [0.15, 0.2) is 53.1 Å². The predicted octanol–water partition coefficient (Wildman–Crippen LogP) is 5.02. The summed E-state index contributed by atoms with van der Waals surface area (Å²) in [6.45, 7) is 1.81. The third-order valence-electron chi connectivity index (χ3n) is 6.56. The first-order valence-electron chi connectivity index (χ1n) is 10.7. The molecule has 5 heteroatoms. The van der Waals surface area contributed by atoms with E-state index in [1.54, 1.807) is 7.11 Å². The summed E-state index contributed by atoms with van der Waals surface area (Å²) >= 11 is 0. The Morgan fingerprint density at radius 1 is 1.00 bits per heavy atom. The van der Waals surface area contributed by atoms with Crippen LogP contribution in [0.5, 0.6) is 11.5 Å². The summed E-state index contributed by atoms with van der Waals surface area (Å²) in [7, 11) is 1.68. The van der Waals surface area contributed by atoms with Gasteiger partial charge in [-0.05, 0) is 56.4 Å². The second-order valence-electron chi connectivity index (χ2n) is 8.21. The molecule has 2 aliphatic rings. The number of hydrogen-bond donors (Lipinski definition) is 0. The minimum absolute atomic E-state index is 0.511. The van der Waals surface area contributed by atoms with Crippen LogP contribution in [0.4, 0.5) is 0 Å². The van der Waals surface area contributed by atoms with Crippen LogP contribution in [-0.4, -0.2) is 42.4 Å². The standard InChI is InChI=1S/C24H28N2O3/c1-27-22-9-4-5-10-23(22)28-14-6-13-26-18-11-12-19(26)16-17(15-18)24-20-7-2-3-8-21(20)29-25-24/h2-5,7-10,17-19H,6,11-16H2,1H3. The van der Waals surface area contributed by atoms with Crippen molar-refractivity contribution >= 4 is 11.0 Å². The number of piperidine rings is 1. The Kier molecular flexibility index (Phi) is 5.15. The number of para-hydroxylation sites is 3. The number of methoxy groups -OCH3 is 1. The van der Waals surface area contributed by atoms with Crippen LogP contribution >= 0.6 is 0 Å². The summed E-state index contributed by atoms with van der Waals surface area (Å²) in [5, 5.41) is 5.63. The third-order valence-corrected chi connectivity index (χ3v) is 6.56. The number of benzene rings is 2. The topological polar surface area (TPSA) is 47.7 Å². The average molecular weight is 392 g/mol. The molecule has 5 nitrogen and oxygen atoms in total. The second-order valence-corrected chi connectivity index (χ2v) is 8.21. The van der Waals surface area contributed by atoms with E-state index in [2.05, 4.69) is 22.2 Å². The van der Waals surface area contributed by atoms with Gasteiger partial charge in [-0.1, -0.05) is 29.4 Å². The van der Waals surface area contributed by atoms with E-state index < -0.39 is 0 Å². The van der Waals surface area contributed by atoms with Gasteiger partial charge in [0.1, 0.15) is 0 Å². The predicted molar refractivity (Wildman–Crippen MR) is 113 cm³/mol. The zero-order valence-electron chi connectivity index (χ0n) is 16.9. The summed E-state index contributed by atoms with van der Waals surface area (Å²) in [4.78, 5) is 2.71. The van der Waals surface area contributed by atoms with Crippen molar-refractivity contribution in [2.75, 3.05) is 20.3 Å². The Hall–Kier alpha value is -2.53. The molecule has 152 valence electrons. The molecule has 0 aliphatic carbocycles. The SMILES string of the molecule is COc1ccccc1OCCCN1C2CCC1CC(c1noc3ccccc13)C2. The fourth-order valence-electron chi connectivity index (χ4n) is 5.23. The second kappa shape index (κ2) is 8.07. The molecule has 2 fully saturated rings. The summed E-state index contributed by atoms with van der Waals surface area (Å²) in [6, 6.07) is 17.4. The third kappa shape index (κ3) is 3.60. The molecule has 2 aliphatic heterocycles. The van der Waals surface area contributed by atoms with Gasteiger partial charge in [-0.25, -0.2) is 0 Å². The van der Waals surface area contributed by atoms with Crippen molar-refractivity contribution in [2.45, 2.75) is 50.1 Å². The Labute approximate surface area is 171 Å². The molecule has 3 aromatic rings. The first kappa shape index (κ1) is 18.5. The van der Waals surface area contributed by atoms with E-state index in [9.17, 15) is 0 Å². The molecule has 0 N–H and O–H groups in total. The van der Waals surface area contributed by atoms with Gasteiger partial charge in [-0.15, -0.1) is 0 Å². The van der Waals surface area contributed by atoms with Crippen LogP contribution < -0.4 is 9.47 Å². The van der Waals surface area contributed by atoms with Crippen molar-refractivity contribution in [3.63, 3.8) is 0 Å². The van der Waals surface area contributed by atoms with E-state index in [0.29, 0.717) is 24.6 Å². The lowest BCUT2D eigenvalue weighted by molar-refractivity contribution is 0.116. The van der Waals surface area contributed by atoms with Crippen molar-refractivity contribution in [1.29, 1.82) is 0 Å². The molecule has 3 heterocycles. The van der Waals surface area contributed by atoms with E-state index in [1.165, 1.54) is 31.1 Å². The minimum atomic E-state index is 0.511. The summed E-state index contributed by atoms with van der Waals surface area (Å²) in [5.74, 6) is 2.14. The Balaban J connectivity index is 1.18. The number of rotatable bonds is 7. The van der Waals surface area contributed by atoms with E-state index in [4.69, 9.17) is 14.0 Å². The van der Waals surface area contributed by atoms with Crippen LogP contribution in [-0.2, 0) is 0 Å². The van der Waals surface area contributed by atoms with E-state index >= 15 is 0 Å². The average Bonchev–Trinajstić information content (AvgIpc) is 3.29.